The van der Waals surface area contributed by atoms with Gasteiger partial charge in [-0.05, 0) is 290 Å². The van der Waals surface area contributed by atoms with E-state index in [0.717, 1.165) is 231 Å². The van der Waals surface area contributed by atoms with Crippen LogP contribution in [0.1, 0.15) is 304 Å². The Morgan fingerprint density at radius 1 is 0.144 bits per heavy atom. The summed E-state index contributed by atoms with van der Waals surface area (Å²) in [5, 5.41) is 0. The third kappa shape index (κ3) is 19.8. The standard InChI is InChI=1S/C84H108S6/c1-13-25-37-61-62(38-26-14-2)74-51-52-76-65(41-29-17-5)66(42-30-18-6)78(87-76)55-56-80-69(45-33-21-9)70(46-34-22-10)82(89-80)59-60-84-72(48-36-24-12)71(47-35-23-11)83(90-84)58-57-81-68(44-32-20-8)67(43-31-19-7)79(88-81)54-53-77-64(40-28-16-4)63(39-27-15-3)75(86-77)50-49-73(61)85-74/h13-48H2,1-12H3. The highest BCUT2D eigenvalue weighted by atomic mass is 32.1. The van der Waals surface area contributed by atoms with E-state index < -0.39 is 0 Å². The van der Waals surface area contributed by atoms with Gasteiger partial charge < -0.3 is 0 Å². The molecule has 0 nitrogen and oxygen atoms in total. The molecule has 7 rings (SSSR count). The van der Waals surface area contributed by atoms with Gasteiger partial charge in [0.25, 0.3) is 0 Å². The lowest BCUT2D eigenvalue weighted by atomic mass is 10.0. The van der Waals surface area contributed by atoms with Crippen molar-refractivity contribution in [1.82, 2.24) is 0 Å². The third-order valence-corrected chi connectivity index (χ3v) is 24.4. The number of thiophene rings is 6. The van der Waals surface area contributed by atoms with E-state index in [1.165, 1.54) is 121 Å². The molecule has 0 fully saturated rings. The van der Waals surface area contributed by atoms with Crippen LogP contribution >= 0.6 is 68.0 Å². The Balaban J connectivity index is 1.91. The van der Waals surface area contributed by atoms with Crippen molar-refractivity contribution in [3.63, 3.8) is 0 Å². The van der Waals surface area contributed by atoms with E-state index in [1.54, 1.807) is 0 Å². The van der Waals surface area contributed by atoms with Crippen LogP contribution in [-0.4, -0.2) is 0 Å². The Kier molecular flexibility index (Phi) is 32.4. The molecule has 0 saturated carbocycles. The first-order valence-electron chi connectivity index (χ1n) is 36.2. The number of fused-ring (bicyclic) bond motifs is 12. The quantitative estimate of drug-likeness (QED) is 0.0367. The summed E-state index contributed by atoms with van der Waals surface area (Å²) in [4.78, 5) is 0. The molecular weight excluding hydrogens is 1200 g/mol. The SMILES string of the molecule is CCCCc1c(CCCC)c2sc1=C=C=c1sc(c(CCCC)c1CCCC)=C=C=c1sc(c(CCCC)c1CCCC)=C=C=c1sc(c(CCCC)c1CCCC)=C=C=c1sc(c(CCCC)c1CCCC)=C=C=c1sc(c(CCCC)c1CCCC)=C=C=2. The Bertz CT molecular complexity index is 3440. The van der Waals surface area contributed by atoms with Crippen molar-refractivity contribution < 1.29 is 0 Å². The normalized spacial score (nSPS) is 11.6. The van der Waals surface area contributed by atoms with Gasteiger partial charge in [-0.1, -0.05) is 160 Å². The van der Waals surface area contributed by atoms with E-state index in [0.29, 0.717) is 0 Å². The van der Waals surface area contributed by atoms with Crippen LogP contribution in [0.25, 0.3) is 68.8 Å². The minimum atomic E-state index is 1.05. The molecule has 90 heavy (non-hydrogen) atoms. The fraction of sp³-hybridized carbons (Fsp3) is 0.571. The van der Waals surface area contributed by atoms with Crippen molar-refractivity contribution >= 4 is 137 Å². The van der Waals surface area contributed by atoms with E-state index >= 15 is 0 Å². The van der Waals surface area contributed by atoms with Gasteiger partial charge in [0.1, 0.15) is 0 Å². The number of rotatable bonds is 36. The Hall–Kier alpha value is -4.44. The predicted octanol–water partition coefficient (Wildman–Crippen LogP) is 16.6. The number of hydrogen-bond acceptors (Lipinski definition) is 6. The lowest BCUT2D eigenvalue weighted by Gasteiger charge is -2.03. The molecule has 12 bridgehead atoms. The maximum absolute atomic E-state index is 3.95. The maximum Gasteiger partial charge on any atom is 0.0820 e. The molecule has 6 heteroatoms. The molecule has 0 radical (unpaired) electrons. The fourth-order valence-electron chi connectivity index (χ4n) is 12.3. The summed E-state index contributed by atoms with van der Waals surface area (Å²) in [6.45, 7) is 28.0. The van der Waals surface area contributed by atoms with Crippen LogP contribution in [0, 0.1) is 0 Å². The zero-order valence-electron chi connectivity index (χ0n) is 57.9. The molecular formula is C84H108S6. The Labute approximate surface area is 567 Å². The van der Waals surface area contributed by atoms with Crippen LogP contribution in [0.4, 0.5) is 0 Å². The third-order valence-electron chi connectivity index (χ3n) is 17.8. The van der Waals surface area contributed by atoms with Gasteiger partial charge in [0.05, 0.1) is 54.4 Å². The summed E-state index contributed by atoms with van der Waals surface area (Å²) in [6.07, 6.45) is 40.2. The van der Waals surface area contributed by atoms with Gasteiger partial charge in [0.15, 0.2) is 0 Å². The average Bonchev–Trinajstić information content (AvgIpc) is 1.88. The minimum Gasteiger partial charge on any atom is -0.117 e. The van der Waals surface area contributed by atoms with Gasteiger partial charge in [0, 0.05) is 0 Å². The molecule has 480 valence electrons. The molecule has 6 aromatic heterocycles. The molecule has 0 N–H and O–H groups in total. The van der Waals surface area contributed by atoms with Gasteiger partial charge in [-0.25, -0.2) is 0 Å². The molecule has 0 amide bonds. The summed E-state index contributed by atoms with van der Waals surface area (Å²) in [5.74, 6) is 0. The van der Waals surface area contributed by atoms with Gasteiger partial charge in [-0.15, -0.1) is 68.0 Å². The van der Waals surface area contributed by atoms with E-state index in [1.807, 2.05) is 68.0 Å². The van der Waals surface area contributed by atoms with E-state index in [-0.39, 0.29) is 0 Å². The van der Waals surface area contributed by atoms with Gasteiger partial charge in [0.2, 0.25) is 0 Å². The Morgan fingerprint density at radius 2 is 0.222 bits per heavy atom. The molecule has 1 aliphatic heterocycles. The van der Waals surface area contributed by atoms with E-state index in [4.69, 9.17) is 0 Å². The van der Waals surface area contributed by atoms with Crippen molar-refractivity contribution in [2.45, 2.75) is 314 Å². The lowest BCUT2D eigenvalue weighted by molar-refractivity contribution is 0.758. The monoisotopic (exact) mass is 1310 g/mol. The van der Waals surface area contributed by atoms with Crippen LogP contribution in [0.2, 0.25) is 0 Å². The minimum absolute atomic E-state index is 1.05. The Morgan fingerprint density at radius 3 is 0.289 bits per heavy atom. The topological polar surface area (TPSA) is 0 Å². The fourth-order valence-corrected chi connectivity index (χ4v) is 18.9. The summed E-state index contributed by atoms with van der Waals surface area (Å²) in [6, 6.07) is 0. The molecule has 0 saturated heterocycles. The van der Waals surface area contributed by atoms with Crippen LogP contribution < -0.4 is 54.4 Å². The summed E-state index contributed by atoms with van der Waals surface area (Å²) in [7, 11) is 0. The maximum atomic E-state index is 3.95. The zero-order valence-corrected chi connectivity index (χ0v) is 62.8. The molecule has 0 atom stereocenters. The highest BCUT2D eigenvalue weighted by Crippen LogP contribution is 2.18. The molecule has 0 aromatic carbocycles. The lowest BCUT2D eigenvalue weighted by Crippen LogP contribution is -2.08. The smallest absolute Gasteiger partial charge is 0.0820 e. The number of unbranched alkanes of at least 4 members (excludes halogenated alkanes) is 12. The summed E-state index contributed by atoms with van der Waals surface area (Å²) >= 11 is 11.3. The van der Waals surface area contributed by atoms with Crippen LogP contribution in [0.5, 0.6) is 0 Å². The van der Waals surface area contributed by atoms with Crippen LogP contribution in [-0.2, 0) is 77.0 Å². The zero-order chi connectivity index (χ0) is 64.0. The molecule has 6 aromatic rings. The first-order valence-corrected chi connectivity index (χ1v) is 41.1. The first kappa shape index (κ1) is 73.0. The van der Waals surface area contributed by atoms with Crippen molar-refractivity contribution in [3.8, 4) is 0 Å². The molecule has 0 aliphatic carbocycles. The number of hydrogen-bond donors (Lipinski definition) is 0. The summed E-state index contributed by atoms with van der Waals surface area (Å²) < 4.78 is 14.7. The second-order valence-electron chi connectivity index (χ2n) is 25.0. The highest BCUT2D eigenvalue weighted by molar-refractivity contribution is 7.10. The van der Waals surface area contributed by atoms with Gasteiger partial charge in [-0.2, -0.15) is 0 Å². The van der Waals surface area contributed by atoms with Gasteiger partial charge >= 0.3 is 0 Å². The van der Waals surface area contributed by atoms with Crippen LogP contribution in [0.3, 0.4) is 0 Å². The summed E-state index contributed by atoms with van der Waals surface area (Å²) in [5.41, 5.74) is 64.9. The van der Waals surface area contributed by atoms with Crippen molar-refractivity contribution in [2.24, 2.45) is 0 Å². The molecule has 7 heterocycles. The first-order chi connectivity index (χ1) is 44.2. The average molecular weight is 1310 g/mol. The molecule has 0 spiro atoms. The second-order valence-corrected chi connectivity index (χ2v) is 31.2. The van der Waals surface area contributed by atoms with E-state index in [9.17, 15) is 0 Å². The van der Waals surface area contributed by atoms with Crippen molar-refractivity contribution in [1.29, 1.82) is 0 Å². The highest BCUT2D eigenvalue weighted by Gasteiger charge is 2.17. The molecule has 0 unspecified atom stereocenters. The van der Waals surface area contributed by atoms with Crippen molar-refractivity contribution in [2.75, 3.05) is 0 Å². The van der Waals surface area contributed by atoms with E-state index in [2.05, 4.69) is 152 Å². The van der Waals surface area contributed by atoms with Crippen LogP contribution in [0.15, 0.2) is 0 Å². The largest absolute Gasteiger partial charge is 0.117 e. The predicted molar refractivity (Wildman–Crippen MR) is 406 cm³/mol. The molecule has 1 aliphatic rings. The van der Waals surface area contributed by atoms with Gasteiger partial charge in [-0.3, -0.25) is 0 Å². The van der Waals surface area contributed by atoms with Crippen molar-refractivity contribution in [3.05, 3.63) is 121 Å². The second kappa shape index (κ2) is 40.0.